The van der Waals surface area contributed by atoms with Gasteiger partial charge in [-0.2, -0.15) is 0 Å². The summed E-state index contributed by atoms with van der Waals surface area (Å²) in [6, 6.07) is 54.9. The first-order chi connectivity index (χ1) is 26.2. The molecule has 0 aliphatic heterocycles. The molecule has 0 heterocycles. The SMILES string of the molecule is C=C.C=C1/C=C\C(c2ccc(-c3cc4ccccc4c4ccccc34)cc2)=C/CC=C(c2ccccc2)C(=C/Cc2ccc3ccccc3c2)/C1=C\C. The molecule has 0 nitrogen and oxygen atoms in total. The summed E-state index contributed by atoms with van der Waals surface area (Å²) in [6.45, 7) is 12.7. The van der Waals surface area contributed by atoms with Crippen molar-refractivity contribution < 1.29 is 0 Å². The summed E-state index contributed by atoms with van der Waals surface area (Å²) >= 11 is 0. The van der Waals surface area contributed by atoms with Gasteiger partial charge in [0.2, 0.25) is 0 Å². The standard InChI is InChI=1S/C51H40.C2H4/c1-3-45-36(2)24-27-38(40-29-31-42(32-30-40)51-35-44-18-9-10-20-47(44)48-21-11-12-22-49(48)51)19-13-23-46(41-15-5-4-6-16-41)50(45)33-26-37-25-28-39-14-7-8-17-43(39)34-37;1-2/h3-12,14-25,27-35H,2,13,26H2,1H3;1-2H2/b27-24-,38-19+,45-3-,46-23?,50-33+;. The van der Waals surface area contributed by atoms with Gasteiger partial charge in [0.15, 0.2) is 0 Å². The summed E-state index contributed by atoms with van der Waals surface area (Å²) in [5.41, 5.74) is 12.0. The van der Waals surface area contributed by atoms with Crippen LogP contribution in [0.4, 0.5) is 0 Å². The molecule has 0 spiro atoms. The van der Waals surface area contributed by atoms with Crippen LogP contribution in [0.5, 0.6) is 0 Å². The van der Waals surface area contributed by atoms with Crippen LogP contribution in [0, 0.1) is 0 Å². The number of rotatable bonds is 5. The fourth-order valence-corrected chi connectivity index (χ4v) is 7.47. The van der Waals surface area contributed by atoms with Crippen molar-refractivity contribution in [1.82, 2.24) is 0 Å². The molecule has 0 N–H and O–H groups in total. The molecule has 0 aromatic heterocycles. The van der Waals surface area contributed by atoms with Gasteiger partial charge < -0.3 is 0 Å². The summed E-state index contributed by atoms with van der Waals surface area (Å²) < 4.78 is 0. The Hall–Kier alpha value is -6.50. The van der Waals surface area contributed by atoms with E-state index in [9.17, 15) is 0 Å². The van der Waals surface area contributed by atoms with Crippen molar-refractivity contribution >= 4 is 43.5 Å². The number of hydrogen-bond donors (Lipinski definition) is 0. The van der Waals surface area contributed by atoms with E-state index in [1.807, 2.05) is 0 Å². The largest absolute Gasteiger partial charge is 0.106 e. The van der Waals surface area contributed by atoms with Gasteiger partial charge in [-0.05, 0) is 114 Å². The smallest absolute Gasteiger partial charge is 0.00878 e. The van der Waals surface area contributed by atoms with E-state index in [0.29, 0.717) is 0 Å². The molecule has 0 saturated heterocycles. The highest BCUT2D eigenvalue weighted by Crippen LogP contribution is 2.37. The lowest BCUT2D eigenvalue weighted by molar-refractivity contribution is 1.25. The summed E-state index contributed by atoms with van der Waals surface area (Å²) in [4.78, 5) is 0. The van der Waals surface area contributed by atoms with E-state index in [-0.39, 0.29) is 0 Å². The van der Waals surface area contributed by atoms with E-state index in [0.717, 1.165) is 24.0 Å². The first-order valence-electron chi connectivity index (χ1n) is 18.4. The molecule has 8 rings (SSSR count). The van der Waals surface area contributed by atoms with Crippen LogP contribution < -0.4 is 0 Å². The molecular weight excluding hydrogens is 637 g/mol. The average molecular weight is 681 g/mol. The molecule has 0 fully saturated rings. The Bertz CT molecular complexity index is 2580. The van der Waals surface area contributed by atoms with Gasteiger partial charge in [-0.15, -0.1) is 13.2 Å². The number of hydrogen-bond acceptors (Lipinski definition) is 0. The van der Waals surface area contributed by atoms with E-state index < -0.39 is 0 Å². The van der Waals surface area contributed by atoms with Crippen LogP contribution in [-0.2, 0) is 6.42 Å². The molecule has 1 aliphatic carbocycles. The molecule has 0 radical (unpaired) electrons. The molecular formula is C53H44. The van der Waals surface area contributed by atoms with Gasteiger partial charge in [-0.1, -0.05) is 189 Å². The van der Waals surface area contributed by atoms with Crippen LogP contribution >= 0.6 is 0 Å². The van der Waals surface area contributed by atoms with Gasteiger partial charge >= 0.3 is 0 Å². The zero-order valence-corrected chi connectivity index (χ0v) is 30.4. The van der Waals surface area contributed by atoms with E-state index in [2.05, 4.69) is 215 Å². The maximum Gasteiger partial charge on any atom is -0.00878 e. The van der Waals surface area contributed by atoms with Gasteiger partial charge in [0.25, 0.3) is 0 Å². The van der Waals surface area contributed by atoms with Crippen molar-refractivity contribution in [1.29, 1.82) is 0 Å². The Morgan fingerprint density at radius 1 is 0.528 bits per heavy atom. The third-order valence-corrected chi connectivity index (χ3v) is 10.1. The van der Waals surface area contributed by atoms with E-state index in [1.165, 1.54) is 76.9 Å². The molecule has 0 bridgehead atoms. The van der Waals surface area contributed by atoms with Crippen molar-refractivity contribution in [3.63, 3.8) is 0 Å². The fraction of sp³-hybridized carbons (Fsp3) is 0.0566. The Morgan fingerprint density at radius 2 is 1.17 bits per heavy atom. The minimum Gasteiger partial charge on any atom is -0.106 e. The Kier molecular flexibility index (Phi) is 10.7. The molecule has 0 amide bonds. The number of fused-ring (bicyclic) bond motifs is 4. The van der Waals surface area contributed by atoms with Crippen molar-refractivity contribution in [3.8, 4) is 11.1 Å². The topological polar surface area (TPSA) is 0 Å². The lowest BCUT2D eigenvalue weighted by Gasteiger charge is -2.19. The Morgan fingerprint density at radius 3 is 1.92 bits per heavy atom. The second-order valence-corrected chi connectivity index (χ2v) is 13.2. The van der Waals surface area contributed by atoms with Gasteiger partial charge in [0, 0.05) is 0 Å². The van der Waals surface area contributed by atoms with Crippen LogP contribution in [0.3, 0.4) is 0 Å². The molecule has 7 aromatic carbocycles. The molecule has 0 heteroatoms. The first kappa shape index (κ1) is 34.9. The highest BCUT2D eigenvalue weighted by molar-refractivity contribution is 6.13. The third kappa shape index (κ3) is 7.45. The van der Waals surface area contributed by atoms with Crippen molar-refractivity contribution in [2.75, 3.05) is 0 Å². The average Bonchev–Trinajstić information content (AvgIpc) is 3.23. The number of benzene rings is 7. The van der Waals surface area contributed by atoms with Crippen LogP contribution in [0.15, 0.2) is 225 Å². The summed E-state index contributed by atoms with van der Waals surface area (Å²) in [5, 5.41) is 7.66. The molecule has 0 saturated carbocycles. The second kappa shape index (κ2) is 16.2. The first-order valence-corrected chi connectivity index (χ1v) is 18.4. The van der Waals surface area contributed by atoms with Crippen LogP contribution in [0.2, 0.25) is 0 Å². The predicted molar refractivity (Wildman–Crippen MR) is 233 cm³/mol. The molecule has 256 valence electrons. The highest BCUT2D eigenvalue weighted by atomic mass is 14.2. The zero-order chi connectivity index (χ0) is 36.6. The fourth-order valence-electron chi connectivity index (χ4n) is 7.47. The van der Waals surface area contributed by atoms with Crippen molar-refractivity contribution in [2.45, 2.75) is 19.8 Å². The second-order valence-electron chi connectivity index (χ2n) is 13.2. The van der Waals surface area contributed by atoms with Crippen LogP contribution in [-0.4, -0.2) is 0 Å². The maximum absolute atomic E-state index is 4.60. The maximum atomic E-state index is 4.60. The quantitative estimate of drug-likeness (QED) is 0.125. The zero-order valence-electron chi connectivity index (χ0n) is 30.4. The molecule has 1 aliphatic rings. The monoisotopic (exact) mass is 680 g/mol. The minimum absolute atomic E-state index is 0.803. The van der Waals surface area contributed by atoms with Gasteiger partial charge in [-0.25, -0.2) is 0 Å². The molecule has 0 atom stereocenters. The van der Waals surface area contributed by atoms with Gasteiger partial charge in [-0.3, -0.25) is 0 Å². The van der Waals surface area contributed by atoms with Gasteiger partial charge in [0.1, 0.15) is 0 Å². The van der Waals surface area contributed by atoms with Crippen molar-refractivity contribution in [3.05, 3.63) is 241 Å². The third-order valence-electron chi connectivity index (χ3n) is 10.1. The lowest BCUT2D eigenvalue weighted by atomic mass is 9.85. The molecule has 0 unspecified atom stereocenters. The summed E-state index contributed by atoms with van der Waals surface area (Å²) in [5.74, 6) is 0. The Labute approximate surface area is 314 Å². The van der Waals surface area contributed by atoms with E-state index >= 15 is 0 Å². The van der Waals surface area contributed by atoms with Gasteiger partial charge in [0.05, 0.1) is 0 Å². The van der Waals surface area contributed by atoms with E-state index in [4.69, 9.17) is 0 Å². The lowest BCUT2D eigenvalue weighted by Crippen LogP contribution is -1.99. The molecule has 7 aromatic rings. The van der Waals surface area contributed by atoms with Crippen molar-refractivity contribution in [2.24, 2.45) is 0 Å². The Balaban J connectivity index is 0.00000214. The predicted octanol–water partition coefficient (Wildman–Crippen LogP) is 14.7. The van der Waals surface area contributed by atoms with Crippen LogP contribution in [0.25, 0.3) is 54.6 Å². The summed E-state index contributed by atoms with van der Waals surface area (Å²) in [7, 11) is 0. The summed E-state index contributed by atoms with van der Waals surface area (Å²) in [6.07, 6.45) is 15.4. The number of allylic oxidation sites excluding steroid dienone is 11. The molecule has 53 heavy (non-hydrogen) atoms. The normalized spacial score (nSPS) is 16.5. The highest BCUT2D eigenvalue weighted by Gasteiger charge is 2.16. The minimum atomic E-state index is 0.803. The van der Waals surface area contributed by atoms with E-state index in [1.54, 1.807) is 0 Å². The van der Waals surface area contributed by atoms with Crippen LogP contribution in [0.1, 0.15) is 30.0 Å².